The maximum absolute atomic E-state index is 7.74. The summed E-state index contributed by atoms with van der Waals surface area (Å²) in [4.78, 5) is 6.93. The molecule has 2 heterocycles. The highest BCUT2D eigenvalue weighted by molar-refractivity contribution is 6.00. The zero-order valence-corrected chi connectivity index (χ0v) is 10.4. The van der Waals surface area contributed by atoms with Gasteiger partial charge in [0.05, 0.1) is 18.8 Å². The number of pyridine rings is 1. The van der Waals surface area contributed by atoms with Gasteiger partial charge in [-0.05, 0) is 30.9 Å². The zero-order chi connectivity index (χ0) is 12.5. The van der Waals surface area contributed by atoms with E-state index >= 15 is 0 Å². The van der Waals surface area contributed by atoms with Crippen LogP contribution in [0.1, 0.15) is 23.2 Å². The lowest BCUT2D eigenvalue weighted by atomic mass is 10.1. The zero-order valence-electron chi connectivity index (χ0n) is 10.4. The largest absolute Gasteiger partial charge is 0.384 e. The number of fused-ring (bicyclic) bond motifs is 1. The smallest absolute Gasteiger partial charge is 0.140 e. The molecule has 5 nitrogen and oxygen atoms in total. The van der Waals surface area contributed by atoms with E-state index in [-0.39, 0.29) is 5.84 Å². The Bertz CT molecular complexity index is 480. The van der Waals surface area contributed by atoms with Crippen LogP contribution in [0.2, 0.25) is 0 Å². The average molecular weight is 246 g/mol. The minimum absolute atomic E-state index is 0.110. The standard InChI is InChI=1S/C13H18N4O/c14-12(15)10-8-9-2-1-3-11(9)16-13(10)17-4-6-18-7-5-17/h8H,1-7H2,(H3,14,15). The quantitative estimate of drug-likeness (QED) is 0.594. The molecule has 0 radical (unpaired) electrons. The van der Waals surface area contributed by atoms with E-state index in [0.717, 1.165) is 56.9 Å². The van der Waals surface area contributed by atoms with Crippen molar-refractivity contribution in [2.24, 2.45) is 5.73 Å². The van der Waals surface area contributed by atoms with E-state index in [1.54, 1.807) is 0 Å². The molecule has 18 heavy (non-hydrogen) atoms. The van der Waals surface area contributed by atoms with E-state index in [2.05, 4.69) is 11.0 Å². The van der Waals surface area contributed by atoms with Gasteiger partial charge in [0.2, 0.25) is 0 Å². The number of aromatic nitrogens is 1. The molecule has 1 aromatic rings. The van der Waals surface area contributed by atoms with Crippen molar-refractivity contribution < 1.29 is 4.74 Å². The molecule has 0 unspecified atom stereocenters. The molecule has 3 rings (SSSR count). The highest BCUT2D eigenvalue weighted by Gasteiger charge is 2.22. The van der Waals surface area contributed by atoms with Gasteiger partial charge in [-0.25, -0.2) is 4.98 Å². The number of nitrogens with one attached hydrogen (secondary N) is 1. The second-order valence-electron chi connectivity index (χ2n) is 4.83. The Morgan fingerprint density at radius 3 is 2.83 bits per heavy atom. The third kappa shape index (κ3) is 1.95. The third-order valence-corrected chi connectivity index (χ3v) is 3.63. The Morgan fingerprint density at radius 2 is 2.11 bits per heavy atom. The molecular weight excluding hydrogens is 228 g/mol. The predicted octanol–water partition coefficient (Wildman–Crippen LogP) is 0.691. The first-order valence-electron chi connectivity index (χ1n) is 6.45. The Kier molecular flexibility index (Phi) is 2.91. The Balaban J connectivity index is 2.02. The monoisotopic (exact) mass is 246 g/mol. The van der Waals surface area contributed by atoms with Crippen molar-refractivity contribution in [1.82, 2.24) is 4.98 Å². The molecule has 0 bridgehead atoms. The van der Waals surface area contributed by atoms with E-state index in [4.69, 9.17) is 20.9 Å². The number of amidine groups is 1. The van der Waals surface area contributed by atoms with E-state index < -0.39 is 0 Å². The van der Waals surface area contributed by atoms with Gasteiger partial charge in [-0.3, -0.25) is 5.41 Å². The molecule has 0 aromatic carbocycles. The first-order chi connectivity index (χ1) is 8.75. The molecule has 0 spiro atoms. The Morgan fingerprint density at radius 1 is 1.33 bits per heavy atom. The van der Waals surface area contributed by atoms with Crippen molar-refractivity contribution >= 4 is 11.7 Å². The SMILES string of the molecule is N=C(N)c1cc2c(nc1N1CCOCC1)CCC2. The van der Waals surface area contributed by atoms with Crippen molar-refractivity contribution in [3.8, 4) is 0 Å². The van der Waals surface area contributed by atoms with Crippen molar-refractivity contribution in [1.29, 1.82) is 5.41 Å². The van der Waals surface area contributed by atoms with Gasteiger partial charge in [-0.15, -0.1) is 0 Å². The summed E-state index contributed by atoms with van der Waals surface area (Å²) in [6.45, 7) is 3.09. The Labute approximate surface area is 106 Å². The maximum Gasteiger partial charge on any atom is 0.140 e. The van der Waals surface area contributed by atoms with Crippen LogP contribution < -0.4 is 10.6 Å². The fraction of sp³-hybridized carbons (Fsp3) is 0.538. The van der Waals surface area contributed by atoms with Gasteiger partial charge < -0.3 is 15.4 Å². The summed E-state index contributed by atoms with van der Waals surface area (Å²) < 4.78 is 5.36. The van der Waals surface area contributed by atoms with Crippen molar-refractivity contribution in [2.45, 2.75) is 19.3 Å². The number of nitrogen functional groups attached to an aromatic ring is 1. The number of nitrogens with two attached hydrogens (primary N) is 1. The minimum atomic E-state index is 0.110. The van der Waals surface area contributed by atoms with Crippen molar-refractivity contribution in [2.75, 3.05) is 31.2 Å². The summed E-state index contributed by atoms with van der Waals surface area (Å²) in [5, 5.41) is 7.74. The van der Waals surface area contributed by atoms with Crippen LogP contribution >= 0.6 is 0 Å². The van der Waals surface area contributed by atoms with Crippen molar-refractivity contribution in [3.63, 3.8) is 0 Å². The van der Waals surface area contributed by atoms with Gasteiger partial charge in [0.25, 0.3) is 0 Å². The number of rotatable bonds is 2. The van der Waals surface area contributed by atoms with Gasteiger partial charge in [-0.1, -0.05) is 0 Å². The number of nitrogens with zero attached hydrogens (tertiary/aromatic N) is 2. The molecule has 1 aliphatic carbocycles. The van der Waals surface area contributed by atoms with Gasteiger partial charge in [0.15, 0.2) is 0 Å². The van der Waals surface area contributed by atoms with E-state index in [1.807, 2.05) is 0 Å². The highest BCUT2D eigenvalue weighted by Crippen LogP contribution is 2.27. The molecule has 1 saturated heterocycles. The highest BCUT2D eigenvalue weighted by atomic mass is 16.5. The minimum Gasteiger partial charge on any atom is -0.384 e. The maximum atomic E-state index is 7.74. The number of hydrogen-bond donors (Lipinski definition) is 2. The molecular formula is C13H18N4O. The third-order valence-electron chi connectivity index (χ3n) is 3.63. The van der Waals surface area contributed by atoms with Crippen LogP contribution in [-0.2, 0) is 17.6 Å². The van der Waals surface area contributed by atoms with Gasteiger partial charge >= 0.3 is 0 Å². The van der Waals surface area contributed by atoms with E-state index in [0.29, 0.717) is 0 Å². The summed E-state index contributed by atoms with van der Waals surface area (Å²) in [5.41, 5.74) is 8.92. The number of aryl methyl sites for hydroxylation is 2. The fourth-order valence-electron chi connectivity index (χ4n) is 2.68. The molecule has 2 aliphatic rings. The van der Waals surface area contributed by atoms with E-state index in [1.165, 1.54) is 11.3 Å². The second-order valence-corrected chi connectivity index (χ2v) is 4.83. The molecule has 1 aliphatic heterocycles. The van der Waals surface area contributed by atoms with Crippen molar-refractivity contribution in [3.05, 3.63) is 22.9 Å². The van der Waals surface area contributed by atoms with Gasteiger partial charge in [0, 0.05) is 18.8 Å². The van der Waals surface area contributed by atoms with Crippen LogP contribution in [0, 0.1) is 5.41 Å². The van der Waals surface area contributed by atoms with Crippen LogP contribution in [0.15, 0.2) is 6.07 Å². The lowest BCUT2D eigenvalue weighted by Gasteiger charge is -2.29. The molecule has 0 atom stereocenters. The van der Waals surface area contributed by atoms with Crippen LogP contribution in [0.4, 0.5) is 5.82 Å². The number of ether oxygens (including phenoxy) is 1. The first-order valence-corrected chi connectivity index (χ1v) is 6.45. The number of morpholine rings is 1. The summed E-state index contributed by atoms with van der Waals surface area (Å²) in [6, 6.07) is 2.06. The Hall–Kier alpha value is -1.62. The second kappa shape index (κ2) is 4.57. The van der Waals surface area contributed by atoms with Gasteiger partial charge in [-0.2, -0.15) is 0 Å². The van der Waals surface area contributed by atoms with Crippen LogP contribution in [0.25, 0.3) is 0 Å². The summed E-state index contributed by atoms with van der Waals surface area (Å²) >= 11 is 0. The van der Waals surface area contributed by atoms with Crippen LogP contribution in [-0.4, -0.2) is 37.1 Å². The summed E-state index contributed by atoms with van der Waals surface area (Å²) in [5.74, 6) is 0.977. The molecule has 5 heteroatoms. The molecule has 96 valence electrons. The molecule has 1 fully saturated rings. The lowest BCUT2D eigenvalue weighted by Crippen LogP contribution is -2.38. The van der Waals surface area contributed by atoms with E-state index in [9.17, 15) is 0 Å². The lowest BCUT2D eigenvalue weighted by molar-refractivity contribution is 0.122. The van der Waals surface area contributed by atoms with Crippen LogP contribution in [0.3, 0.4) is 0 Å². The first kappa shape index (κ1) is 11.5. The summed E-state index contributed by atoms with van der Waals surface area (Å²) in [7, 11) is 0. The average Bonchev–Trinajstić information content (AvgIpc) is 2.85. The van der Waals surface area contributed by atoms with Crippen LogP contribution in [0.5, 0.6) is 0 Å². The van der Waals surface area contributed by atoms with Gasteiger partial charge in [0.1, 0.15) is 11.7 Å². The fourth-order valence-corrected chi connectivity index (χ4v) is 2.68. The predicted molar refractivity (Wildman–Crippen MR) is 70.3 cm³/mol. The summed E-state index contributed by atoms with van der Waals surface area (Å²) in [6.07, 6.45) is 3.27. The number of anilines is 1. The molecule has 1 aromatic heterocycles. The molecule has 0 saturated carbocycles. The number of hydrogen-bond acceptors (Lipinski definition) is 4. The molecule has 3 N–H and O–H groups in total. The molecule has 0 amide bonds. The normalized spacial score (nSPS) is 18.8. The topological polar surface area (TPSA) is 75.2 Å².